The van der Waals surface area contributed by atoms with Crippen molar-refractivity contribution in [2.75, 3.05) is 49.1 Å². The Balaban J connectivity index is 1.50. The number of nitro groups is 1. The van der Waals surface area contributed by atoms with Crippen LogP contribution in [-0.4, -0.2) is 56.9 Å². The highest BCUT2D eigenvalue weighted by Gasteiger charge is 2.30. The van der Waals surface area contributed by atoms with Crippen molar-refractivity contribution in [3.63, 3.8) is 0 Å². The highest BCUT2D eigenvalue weighted by atomic mass is 32.2. The van der Waals surface area contributed by atoms with Crippen LogP contribution in [0.15, 0.2) is 47.4 Å². The molecule has 0 aromatic heterocycles. The molecule has 2 aliphatic heterocycles. The van der Waals surface area contributed by atoms with Gasteiger partial charge in [-0.2, -0.15) is 4.31 Å². The first-order valence-corrected chi connectivity index (χ1v) is 11.7. The van der Waals surface area contributed by atoms with Crippen LogP contribution in [0.4, 0.5) is 17.1 Å². The van der Waals surface area contributed by atoms with Crippen LogP contribution in [0.2, 0.25) is 0 Å². The first kappa shape index (κ1) is 20.6. The van der Waals surface area contributed by atoms with Gasteiger partial charge in [0.15, 0.2) is 0 Å². The average molecular weight is 431 g/mol. The molecule has 2 saturated heterocycles. The highest BCUT2D eigenvalue weighted by molar-refractivity contribution is 7.89. The lowest BCUT2D eigenvalue weighted by Gasteiger charge is -2.35. The van der Waals surface area contributed by atoms with Gasteiger partial charge in [-0.3, -0.25) is 10.1 Å². The summed E-state index contributed by atoms with van der Waals surface area (Å²) < 4.78 is 27.3. The third-order valence-electron chi connectivity index (χ3n) is 5.86. The molecule has 2 aromatic rings. The molecule has 0 aliphatic carbocycles. The molecule has 2 aliphatic rings. The van der Waals surface area contributed by atoms with Crippen molar-refractivity contribution >= 4 is 27.1 Å². The van der Waals surface area contributed by atoms with Crippen molar-refractivity contribution in [3.05, 3.63) is 58.1 Å². The summed E-state index contributed by atoms with van der Waals surface area (Å²) in [6, 6.07) is 12.1. The van der Waals surface area contributed by atoms with Crippen LogP contribution in [0, 0.1) is 17.0 Å². The van der Waals surface area contributed by atoms with Crippen molar-refractivity contribution in [1.82, 2.24) is 4.31 Å². The number of hydrogen-bond acceptors (Lipinski definition) is 6. The van der Waals surface area contributed by atoms with E-state index in [2.05, 4.69) is 9.80 Å². The Hall–Kier alpha value is -2.65. The third kappa shape index (κ3) is 3.99. The quantitative estimate of drug-likeness (QED) is 0.535. The maximum atomic E-state index is 12.9. The molecule has 0 radical (unpaired) electrons. The number of hydrogen-bond donors (Lipinski definition) is 0. The zero-order valence-corrected chi connectivity index (χ0v) is 17.8. The lowest BCUT2D eigenvalue weighted by molar-refractivity contribution is -0.384. The fourth-order valence-electron chi connectivity index (χ4n) is 4.12. The molecule has 0 saturated carbocycles. The molecular formula is C21H26N4O4S. The molecule has 9 heteroatoms. The van der Waals surface area contributed by atoms with Gasteiger partial charge in [0.2, 0.25) is 10.0 Å². The number of nitro benzene ring substituents is 1. The van der Waals surface area contributed by atoms with Crippen molar-refractivity contribution in [2.45, 2.75) is 24.7 Å². The second kappa shape index (κ2) is 8.23. The standard InChI is InChI=1S/C21H26N4O4S/c1-17-4-7-19(8-5-17)30(28,29)24-14-12-22(13-15-24)18-6-9-20(25(26)27)21(16-18)23-10-2-3-11-23/h4-9,16H,2-3,10-15H2,1H3. The van der Waals surface area contributed by atoms with E-state index in [1.807, 2.05) is 13.0 Å². The second-order valence-electron chi connectivity index (χ2n) is 7.83. The molecule has 2 aromatic carbocycles. The van der Waals surface area contributed by atoms with Crippen LogP contribution in [0.5, 0.6) is 0 Å². The summed E-state index contributed by atoms with van der Waals surface area (Å²) in [6.45, 7) is 5.43. The van der Waals surface area contributed by atoms with E-state index in [4.69, 9.17) is 0 Å². The molecule has 160 valence electrons. The zero-order chi connectivity index (χ0) is 21.3. The van der Waals surface area contributed by atoms with Crippen LogP contribution in [0.3, 0.4) is 0 Å². The molecule has 0 N–H and O–H groups in total. The largest absolute Gasteiger partial charge is 0.369 e. The maximum absolute atomic E-state index is 12.9. The number of aryl methyl sites for hydroxylation is 1. The van der Waals surface area contributed by atoms with Gasteiger partial charge in [-0.1, -0.05) is 17.7 Å². The van der Waals surface area contributed by atoms with Gasteiger partial charge in [-0.25, -0.2) is 8.42 Å². The smallest absolute Gasteiger partial charge is 0.292 e. The lowest BCUT2D eigenvalue weighted by Crippen LogP contribution is -2.48. The van der Waals surface area contributed by atoms with Gasteiger partial charge in [0, 0.05) is 51.0 Å². The first-order chi connectivity index (χ1) is 14.4. The topological polar surface area (TPSA) is 87.0 Å². The number of nitrogens with zero attached hydrogens (tertiary/aromatic N) is 4. The van der Waals surface area contributed by atoms with Gasteiger partial charge >= 0.3 is 0 Å². The Morgan fingerprint density at radius 1 is 0.867 bits per heavy atom. The minimum absolute atomic E-state index is 0.126. The molecule has 0 spiro atoms. The van der Waals surface area contributed by atoms with E-state index in [9.17, 15) is 18.5 Å². The predicted octanol–water partition coefficient (Wildman–Crippen LogP) is 3.01. The first-order valence-electron chi connectivity index (χ1n) is 10.2. The van der Waals surface area contributed by atoms with Crippen LogP contribution in [-0.2, 0) is 10.0 Å². The van der Waals surface area contributed by atoms with Crippen molar-refractivity contribution in [2.24, 2.45) is 0 Å². The van der Waals surface area contributed by atoms with Crippen LogP contribution in [0.1, 0.15) is 18.4 Å². The van der Waals surface area contributed by atoms with Gasteiger partial charge < -0.3 is 9.80 Å². The van der Waals surface area contributed by atoms with Gasteiger partial charge in [0.1, 0.15) is 5.69 Å². The number of rotatable bonds is 5. The molecule has 30 heavy (non-hydrogen) atoms. The average Bonchev–Trinajstić information content (AvgIpc) is 3.28. The Kier molecular flexibility index (Phi) is 5.66. The molecule has 8 nitrogen and oxygen atoms in total. The lowest BCUT2D eigenvalue weighted by atomic mass is 10.2. The minimum atomic E-state index is -3.51. The van der Waals surface area contributed by atoms with Gasteiger partial charge in [0.05, 0.1) is 9.82 Å². The van der Waals surface area contributed by atoms with E-state index >= 15 is 0 Å². The van der Waals surface area contributed by atoms with E-state index in [1.54, 1.807) is 36.4 Å². The Labute approximate surface area is 176 Å². The van der Waals surface area contributed by atoms with Gasteiger partial charge in [0.25, 0.3) is 5.69 Å². The maximum Gasteiger partial charge on any atom is 0.292 e. The monoisotopic (exact) mass is 430 g/mol. The highest BCUT2D eigenvalue weighted by Crippen LogP contribution is 2.35. The summed E-state index contributed by atoms with van der Waals surface area (Å²) >= 11 is 0. The SMILES string of the molecule is Cc1ccc(S(=O)(=O)N2CCN(c3ccc([N+](=O)[O-])c(N4CCCC4)c3)CC2)cc1. The van der Waals surface area contributed by atoms with Crippen molar-refractivity contribution < 1.29 is 13.3 Å². The Morgan fingerprint density at radius 3 is 2.10 bits per heavy atom. The zero-order valence-electron chi connectivity index (χ0n) is 17.0. The normalized spacial score (nSPS) is 18.0. The molecule has 2 fully saturated rings. The fourth-order valence-corrected chi connectivity index (χ4v) is 5.54. The van der Waals surface area contributed by atoms with E-state index in [0.29, 0.717) is 36.8 Å². The molecule has 0 atom stereocenters. The number of anilines is 2. The predicted molar refractivity (Wildman–Crippen MR) is 117 cm³/mol. The Morgan fingerprint density at radius 2 is 1.50 bits per heavy atom. The molecular weight excluding hydrogens is 404 g/mol. The summed E-state index contributed by atoms with van der Waals surface area (Å²) in [4.78, 5) is 15.6. The summed E-state index contributed by atoms with van der Waals surface area (Å²) in [7, 11) is -3.51. The van der Waals surface area contributed by atoms with Crippen LogP contribution >= 0.6 is 0 Å². The van der Waals surface area contributed by atoms with Crippen LogP contribution in [0.25, 0.3) is 0 Å². The van der Waals surface area contributed by atoms with E-state index < -0.39 is 10.0 Å². The van der Waals surface area contributed by atoms with Crippen LogP contribution < -0.4 is 9.80 Å². The van der Waals surface area contributed by atoms with Gasteiger partial charge in [-0.05, 0) is 44.0 Å². The fraction of sp³-hybridized carbons (Fsp3) is 0.429. The second-order valence-corrected chi connectivity index (χ2v) is 9.77. The molecule has 0 bridgehead atoms. The Bertz CT molecular complexity index is 1030. The van der Waals surface area contributed by atoms with E-state index in [1.165, 1.54) is 4.31 Å². The summed E-state index contributed by atoms with van der Waals surface area (Å²) in [6.07, 6.45) is 2.08. The van der Waals surface area contributed by atoms with E-state index in [0.717, 1.165) is 37.2 Å². The molecule has 0 unspecified atom stereocenters. The number of benzene rings is 2. The van der Waals surface area contributed by atoms with Crippen molar-refractivity contribution in [3.8, 4) is 0 Å². The number of piperazine rings is 1. The van der Waals surface area contributed by atoms with Gasteiger partial charge in [-0.15, -0.1) is 0 Å². The van der Waals surface area contributed by atoms with E-state index in [-0.39, 0.29) is 10.6 Å². The third-order valence-corrected chi connectivity index (χ3v) is 7.78. The minimum Gasteiger partial charge on any atom is -0.369 e. The molecule has 4 rings (SSSR count). The number of sulfonamides is 1. The summed E-state index contributed by atoms with van der Waals surface area (Å²) in [5, 5.41) is 11.5. The summed E-state index contributed by atoms with van der Waals surface area (Å²) in [5.41, 5.74) is 2.70. The molecule has 0 amide bonds. The summed E-state index contributed by atoms with van der Waals surface area (Å²) in [5.74, 6) is 0. The molecule has 2 heterocycles. The van der Waals surface area contributed by atoms with Crippen molar-refractivity contribution in [1.29, 1.82) is 0 Å².